The van der Waals surface area contributed by atoms with Crippen molar-refractivity contribution in [3.63, 3.8) is 0 Å². The van der Waals surface area contributed by atoms with Gasteiger partial charge in [-0.1, -0.05) is 38.5 Å². The van der Waals surface area contributed by atoms with E-state index < -0.39 is 24.3 Å². The zero-order valence-corrected chi connectivity index (χ0v) is 39.1. The van der Waals surface area contributed by atoms with Gasteiger partial charge in [-0.15, -0.1) is 0 Å². The summed E-state index contributed by atoms with van der Waals surface area (Å²) < 4.78 is 22.3. The highest BCUT2D eigenvalue weighted by molar-refractivity contribution is 6.07. The predicted molar refractivity (Wildman–Crippen MR) is 248 cm³/mol. The van der Waals surface area contributed by atoms with E-state index >= 15 is 0 Å². The number of carbonyl (C=O) groups is 4. The number of likely N-dealkylation sites (tertiary alicyclic amines) is 2. The molecule has 3 aromatic carbocycles. The normalized spacial score (nSPS) is 25.1. The summed E-state index contributed by atoms with van der Waals surface area (Å²) in [5.41, 5.74) is 6.58. The van der Waals surface area contributed by atoms with E-state index in [-0.39, 0.29) is 60.0 Å². The van der Waals surface area contributed by atoms with Crippen molar-refractivity contribution in [3.05, 3.63) is 65.9 Å². The van der Waals surface area contributed by atoms with Gasteiger partial charge in [0.05, 0.1) is 61.4 Å². The van der Waals surface area contributed by atoms with Crippen LogP contribution in [-0.2, 0) is 30.4 Å². The van der Waals surface area contributed by atoms with Crippen molar-refractivity contribution in [1.29, 1.82) is 0 Å². The van der Waals surface area contributed by atoms with Crippen molar-refractivity contribution >= 4 is 45.8 Å². The topological polar surface area (TPSA) is 193 Å². The van der Waals surface area contributed by atoms with Gasteiger partial charge in [0, 0.05) is 23.0 Å². The third kappa shape index (κ3) is 8.32. The van der Waals surface area contributed by atoms with Crippen LogP contribution < -0.4 is 15.4 Å². The molecule has 9 rings (SSSR count). The molecule has 3 unspecified atom stereocenters. The van der Waals surface area contributed by atoms with Crippen molar-refractivity contribution in [1.82, 2.24) is 40.4 Å². The Morgan fingerprint density at radius 2 is 1.50 bits per heavy atom. The highest BCUT2D eigenvalue weighted by Crippen LogP contribution is 2.44. The molecule has 5 aromatic rings. The number of fused-ring (bicyclic) bond motifs is 6. The number of amides is 4. The van der Waals surface area contributed by atoms with Gasteiger partial charge < -0.3 is 49.3 Å². The first-order valence-corrected chi connectivity index (χ1v) is 23.5. The first-order chi connectivity index (χ1) is 31.8. The van der Waals surface area contributed by atoms with Crippen LogP contribution in [0.5, 0.6) is 5.75 Å². The van der Waals surface area contributed by atoms with Gasteiger partial charge in [0.1, 0.15) is 36.1 Å². The fraction of sp³-hybridized carbons (Fsp3) is 0.520. The molecule has 2 aromatic heterocycles. The molecule has 4 aliphatic heterocycles. The van der Waals surface area contributed by atoms with E-state index in [1.807, 2.05) is 56.7 Å². The van der Waals surface area contributed by atoms with E-state index in [0.717, 1.165) is 87.0 Å². The monoisotopic (exact) mass is 902 g/mol. The summed E-state index contributed by atoms with van der Waals surface area (Å²) >= 11 is 0. The molecule has 9 atom stereocenters. The van der Waals surface area contributed by atoms with Gasteiger partial charge in [-0.3, -0.25) is 9.59 Å². The van der Waals surface area contributed by atoms with Crippen LogP contribution in [0, 0.1) is 11.8 Å². The van der Waals surface area contributed by atoms with Crippen LogP contribution in [0.1, 0.15) is 116 Å². The van der Waals surface area contributed by atoms with Crippen molar-refractivity contribution in [3.8, 4) is 28.1 Å². The molecule has 0 spiro atoms. The molecule has 3 fully saturated rings. The zero-order valence-electron chi connectivity index (χ0n) is 39.1. The third-order valence-electron chi connectivity index (χ3n) is 14.6. The number of aromatic amines is 2. The van der Waals surface area contributed by atoms with E-state index in [2.05, 4.69) is 63.9 Å². The predicted octanol–water partition coefficient (Wildman–Crippen LogP) is 8.47. The van der Waals surface area contributed by atoms with Gasteiger partial charge >= 0.3 is 12.2 Å². The van der Waals surface area contributed by atoms with Gasteiger partial charge in [0.15, 0.2) is 0 Å². The second kappa shape index (κ2) is 18.3. The molecule has 6 heterocycles. The summed E-state index contributed by atoms with van der Waals surface area (Å²) in [5, 5.41) is 7.64. The van der Waals surface area contributed by atoms with Crippen LogP contribution >= 0.6 is 0 Å². The van der Waals surface area contributed by atoms with E-state index in [0.29, 0.717) is 31.7 Å². The zero-order chi connectivity index (χ0) is 46.6. The number of rotatable bonds is 10. The fourth-order valence-electron chi connectivity index (χ4n) is 11.0. The molecule has 4 N–H and O–H groups in total. The van der Waals surface area contributed by atoms with Crippen molar-refractivity contribution in [2.45, 2.75) is 142 Å². The number of nitrogens with one attached hydrogen (secondary N) is 4. The molecular weight excluding hydrogens is 841 g/mol. The van der Waals surface area contributed by atoms with Crippen molar-refractivity contribution in [2.75, 3.05) is 14.2 Å². The summed E-state index contributed by atoms with van der Waals surface area (Å²) in [4.78, 5) is 74.4. The van der Waals surface area contributed by atoms with Gasteiger partial charge in [-0.05, 0) is 124 Å². The molecule has 350 valence electrons. The van der Waals surface area contributed by atoms with E-state index in [4.69, 9.17) is 28.9 Å². The average molecular weight is 903 g/mol. The molecule has 0 aliphatic carbocycles. The van der Waals surface area contributed by atoms with Crippen LogP contribution in [0.15, 0.2) is 48.7 Å². The van der Waals surface area contributed by atoms with Crippen LogP contribution in [0.25, 0.3) is 44.2 Å². The van der Waals surface area contributed by atoms with Gasteiger partial charge in [0.2, 0.25) is 11.8 Å². The van der Waals surface area contributed by atoms with Gasteiger partial charge in [-0.25, -0.2) is 19.6 Å². The molecule has 3 saturated heterocycles. The van der Waals surface area contributed by atoms with Crippen LogP contribution in [-0.4, -0.2) is 104 Å². The van der Waals surface area contributed by atoms with Crippen molar-refractivity contribution in [2.24, 2.45) is 11.8 Å². The maximum atomic E-state index is 14.5. The Balaban J connectivity index is 0.958. The van der Waals surface area contributed by atoms with E-state index in [9.17, 15) is 19.2 Å². The maximum absolute atomic E-state index is 14.5. The number of H-pyrrole nitrogens is 2. The number of benzene rings is 3. The highest BCUT2D eigenvalue weighted by Gasteiger charge is 2.45. The number of aromatic nitrogens is 4. The Kier molecular flexibility index (Phi) is 12.5. The first kappa shape index (κ1) is 45.0. The van der Waals surface area contributed by atoms with Gasteiger partial charge in [0.25, 0.3) is 0 Å². The fourth-order valence-corrected chi connectivity index (χ4v) is 11.0. The van der Waals surface area contributed by atoms with Gasteiger partial charge in [-0.2, -0.15) is 0 Å². The maximum Gasteiger partial charge on any atom is 0.407 e. The Labute approximate surface area is 384 Å². The Morgan fingerprint density at radius 1 is 0.818 bits per heavy atom. The molecule has 4 aliphatic rings. The molecule has 66 heavy (non-hydrogen) atoms. The summed E-state index contributed by atoms with van der Waals surface area (Å²) in [5.74, 6) is 1.74. The lowest BCUT2D eigenvalue weighted by Crippen LogP contribution is -2.55. The standard InChI is InChI=1S/C50H62N8O8/c1-9-25(2)42(55-49(61)63-7)47(59)58-27(4)11-17-40(58)46-52-37-15-13-30-21-36-34-14-12-31(20-33(34)24-65-41(36)22-35(30)44(37)54-46)38-23-51-45(53-38)39-16-10-26(3)57(39)48(60)43(56-50(62)64-8)32-18-28(5)66-29(6)19-32/h12-15,20-23,25-29,32,39-40,42-43H,9-11,16-19,24H2,1-8H3,(H,51,53)(H,52,54)(H,55,61)(H,56,62)/t25?,26-,27-,28+,29+,39-,40-,42?,43?/m0/s1. The first-order valence-electron chi connectivity index (χ1n) is 23.5. The number of ether oxygens (including phenoxy) is 4. The molecular formula is C50H62N8O8. The van der Waals surface area contributed by atoms with Crippen LogP contribution in [0.3, 0.4) is 0 Å². The highest BCUT2D eigenvalue weighted by atomic mass is 16.5. The number of imidazole rings is 2. The number of carbonyl (C=O) groups excluding carboxylic acids is 4. The quantitative estimate of drug-likeness (QED) is 0.106. The largest absolute Gasteiger partial charge is 0.488 e. The molecule has 0 bridgehead atoms. The Hall–Kier alpha value is -6.16. The minimum Gasteiger partial charge on any atom is -0.488 e. The summed E-state index contributed by atoms with van der Waals surface area (Å²) in [6.07, 6.45) is 5.66. The Morgan fingerprint density at radius 3 is 2.20 bits per heavy atom. The SMILES string of the molecule is CCC(C)C(NC(=O)OC)C(=O)N1[C@@H](C)CC[C@H]1c1nc2c(ccc3cc4c(cc32)OCc2cc(-c3cnc([C@@H]5CC[C@H](C)N5C(=O)C(NC(=O)OC)C5C[C@@H](C)O[C@H](C)C5)[nH]3)ccc2-4)[nH]1. The lowest BCUT2D eigenvalue weighted by atomic mass is 9.85. The summed E-state index contributed by atoms with van der Waals surface area (Å²) in [7, 11) is 2.62. The summed E-state index contributed by atoms with van der Waals surface area (Å²) in [6, 6.07) is 12.6. The number of alkyl carbamates (subject to hydrolysis) is 2. The number of nitrogens with zero attached hydrogens (tertiary/aromatic N) is 4. The second-order valence-corrected chi connectivity index (χ2v) is 19.0. The van der Waals surface area contributed by atoms with Crippen LogP contribution in [0.4, 0.5) is 9.59 Å². The van der Waals surface area contributed by atoms with Crippen LogP contribution in [0.2, 0.25) is 0 Å². The molecule has 0 radical (unpaired) electrons. The molecule has 16 heteroatoms. The second-order valence-electron chi connectivity index (χ2n) is 19.0. The van der Waals surface area contributed by atoms with E-state index in [1.165, 1.54) is 14.2 Å². The number of hydrogen-bond donors (Lipinski definition) is 4. The minimum absolute atomic E-state index is 0.0289. The number of hydrogen-bond acceptors (Lipinski definition) is 10. The molecule has 16 nitrogen and oxygen atoms in total. The molecule has 4 amide bonds. The van der Waals surface area contributed by atoms with Crippen molar-refractivity contribution < 1.29 is 38.1 Å². The minimum atomic E-state index is -0.747. The smallest absolute Gasteiger partial charge is 0.407 e. The Bertz CT molecular complexity index is 2650. The summed E-state index contributed by atoms with van der Waals surface area (Å²) in [6.45, 7) is 12.5. The third-order valence-corrected chi connectivity index (χ3v) is 14.6. The molecule has 0 saturated carbocycles. The number of methoxy groups -OCH3 is 2. The average Bonchev–Trinajstić information content (AvgIpc) is 4.14. The lowest BCUT2D eigenvalue weighted by molar-refractivity contribution is -0.140. The lowest BCUT2D eigenvalue weighted by Gasteiger charge is -2.39. The van der Waals surface area contributed by atoms with E-state index in [1.54, 1.807) is 0 Å².